The molecule has 8 heteroatoms. The lowest BCUT2D eigenvalue weighted by Gasteiger charge is -2.31. The number of aromatic amines is 1. The summed E-state index contributed by atoms with van der Waals surface area (Å²) in [7, 11) is 0. The minimum Gasteiger partial charge on any atom is -0.361 e. The highest BCUT2D eigenvalue weighted by atomic mass is 16.5. The Morgan fingerprint density at radius 3 is 2.81 bits per heavy atom. The number of benzene rings is 2. The van der Waals surface area contributed by atoms with Crippen LogP contribution in [0.15, 0.2) is 59.3 Å². The number of rotatable bonds is 4. The van der Waals surface area contributed by atoms with E-state index in [0.717, 1.165) is 29.3 Å². The normalized spacial score (nSPS) is 16.3. The molecule has 0 radical (unpaired) electrons. The molecule has 2 aromatic carbocycles. The van der Waals surface area contributed by atoms with Crippen LogP contribution in [0.3, 0.4) is 0 Å². The second-order valence-corrected chi connectivity index (χ2v) is 8.05. The number of H-pyrrole nitrogens is 1. The van der Waals surface area contributed by atoms with Gasteiger partial charge in [-0.05, 0) is 55.3 Å². The van der Waals surface area contributed by atoms with Gasteiger partial charge in [-0.15, -0.1) is 0 Å². The van der Waals surface area contributed by atoms with Crippen LogP contribution in [0.25, 0.3) is 22.3 Å². The number of hydrogen-bond donors (Lipinski definition) is 2. The first-order valence-corrected chi connectivity index (χ1v) is 10.7. The molecule has 1 saturated heterocycles. The fourth-order valence-corrected chi connectivity index (χ4v) is 4.23. The topological polar surface area (TPSA) is 104 Å². The van der Waals surface area contributed by atoms with Gasteiger partial charge in [0.1, 0.15) is 0 Å². The number of anilines is 1. The van der Waals surface area contributed by atoms with Crippen LogP contribution in [0.2, 0.25) is 0 Å². The molecule has 2 N–H and O–H groups in total. The van der Waals surface area contributed by atoms with Gasteiger partial charge in [0.25, 0.3) is 5.91 Å². The molecule has 0 saturated carbocycles. The van der Waals surface area contributed by atoms with E-state index in [1.54, 1.807) is 12.1 Å². The highest BCUT2D eigenvalue weighted by Gasteiger charge is 2.30. The average molecular weight is 429 g/mol. The Labute approximate surface area is 184 Å². The maximum atomic E-state index is 13.2. The molecular formula is C24H23N5O3. The maximum absolute atomic E-state index is 13.2. The van der Waals surface area contributed by atoms with Crippen LogP contribution in [-0.4, -0.2) is 44.9 Å². The highest BCUT2D eigenvalue weighted by molar-refractivity contribution is 6.06. The van der Waals surface area contributed by atoms with E-state index in [2.05, 4.69) is 20.4 Å². The van der Waals surface area contributed by atoms with E-state index in [0.29, 0.717) is 36.1 Å². The second-order valence-electron chi connectivity index (χ2n) is 8.05. The summed E-state index contributed by atoms with van der Waals surface area (Å²) in [6.45, 7) is 2.72. The Hall–Kier alpha value is -3.94. The van der Waals surface area contributed by atoms with Crippen molar-refractivity contribution in [2.45, 2.75) is 25.7 Å². The van der Waals surface area contributed by atoms with Gasteiger partial charge in [-0.3, -0.25) is 9.59 Å². The fourth-order valence-electron chi connectivity index (χ4n) is 4.23. The van der Waals surface area contributed by atoms with E-state index < -0.39 is 0 Å². The summed E-state index contributed by atoms with van der Waals surface area (Å²) in [4.78, 5) is 34.1. The average Bonchev–Trinajstić information content (AvgIpc) is 3.49. The lowest BCUT2D eigenvalue weighted by Crippen LogP contribution is -2.39. The van der Waals surface area contributed by atoms with Gasteiger partial charge in [-0.1, -0.05) is 11.2 Å². The van der Waals surface area contributed by atoms with Crippen molar-refractivity contribution in [2.75, 3.05) is 18.4 Å². The van der Waals surface area contributed by atoms with Gasteiger partial charge in [0.05, 0.1) is 5.92 Å². The first-order valence-electron chi connectivity index (χ1n) is 10.7. The number of hydrogen-bond acceptors (Lipinski definition) is 5. The van der Waals surface area contributed by atoms with Crippen LogP contribution < -0.4 is 5.32 Å². The zero-order valence-electron chi connectivity index (χ0n) is 17.7. The fraction of sp³-hybridized carbons (Fsp3) is 0.250. The molecule has 3 heterocycles. The van der Waals surface area contributed by atoms with Gasteiger partial charge in [0, 0.05) is 53.9 Å². The number of likely N-dealkylation sites (tertiary alicyclic amines) is 1. The van der Waals surface area contributed by atoms with E-state index in [4.69, 9.17) is 4.52 Å². The summed E-state index contributed by atoms with van der Waals surface area (Å²) < 4.78 is 5.57. The Kier molecular flexibility index (Phi) is 5.18. The van der Waals surface area contributed by atoms with Gasteiger partial charge >= 0.3 is 0 Å². The molecule has 1 aliphatic rings. The third kappa shape index (κ3) is 3.87. The molecule has 1 unspecified atom stereocenters. The van der Waals surface area contributed by atoms with Gasteiger partial charge in [0.2, 0.25) is 17.6 Å². The first kappa shape index (κ1) is 20.0. The molecule has 0 spiro atoms. The van der Waals surface area contributed by atoms with Gasteiger partial charge < -0.3 is 19.7 Å². The van der Waals surface area contributed by atoms with Gasteiger partial charge in [-0.25, -0.2) is 0 Å². The van der Waals surface area contributed by atoms with E-state index in [9.17, 15) is 9.59 Å². The van der Waals surface area contributed by atoms with Crippen LogP contribution in [0.1, 0.15) is 41.9 Å². The zero-order valence-corrected chi connectivity index (χ0v) is 17.7. The minimum atomic E-state index is -0.122. The Morgan fingerprint density at radius 1 is 1.16 bits per heavy atom. The van der Waals surface area contributed by atoms with Crippen LogP contribution in [0, 0.1) is 0 Å². The van der Waals surface area contributed by atoms with Crippen molar-refractivity contribution >= 4 is 28.4 Å². The third-order valence-corrected chi connectivity index (χ3v) is 5.79. The maximum Gasteiger partial charge on any atom is 0.254 e. The summed E-state index contributed by atoms with van der Waals surface area (Å²) in [6, 6.07) is 15.0. The SMILES string of the molecule is CC(=O)Nc1ccc(-c2noc(C3CCCN(C(=O)c4cccc5[nH]ccc45)C3)n2)cc1. The monoisotopic (exact) mass is 429 g/mol. The number of amides is 2. The summed E-state index contributed by atoms with van der Waals surface area (Å²) in [5, 5.41) is 7.80. The van der Waals surface area contributed by atoms with E-state index in [1.165, 1.54) is 6.92 Å². The largest absolute Gasteiger partial charge is 0.361 e. The van der Waals surface area contributed by atoms with Gasteiger partial charge in [-0.2, -0.15) is 4.98 Å². The number of aromatic nitrogens is 3. The standard InChI is InChI=1S/C24H23N5O3/c1-15(30)26-18-9-7-16(8-10-18)22-27-23(32-28-22)17-4-3-13-29(14-17)24(31)20-5-2-6-21-19(20)11-12-25-21/h2,5-12,17,25H,3-4,13-14H2,1H3,(H,26,30). The molecule has 162 valence electrons. The molecule has 2 aromatic heterocycles. The first-order chi connectivity index (χ1) is 15.6. The lowest BCUT2D eigenvalue weighted by molar-refractivity contribution is -0.114. The van der Waals surface area contributed by atoms with Crippen molar-refractivity contribution in [1.29, 1.82) is 0 Å². The third-order valence-electron chi connectivity index (χ3n) is 5.79. The Bertz CT molecular complexity index is 1270. The molecule has 32 heavy (non-hydrogen) atoms. The van der Waals surface area contributed by atoms with E-state index in [1.807, 2.05) is 47.5 Å². The number of carbonyl (C=O) groups excluding carboxylic acids is 2. The minimum absolute atomic E-state index is 0.00182. The quantitative estimate of drug-likeness (QED) is 0.506. The Morgan fingerprint density at radius 2 is 2.00 bits per heavy atom. The molecular weight excluding hydrogens is 406 g/mol. The smallest absolute Gasteiger partial charge is 0.254 e. The predicted octanol–water partition coefficient (Wildman–Crippen LogP) is 4.20. The summed E-state index contributed by atoms with van der Waals surface area (Å²) >= 11 is 0. The van der Waals surface area contributed by atoms with Crippen LogP contribution in [0.5, 0.6) is 0 Å². The molecule has 2 amide bonds. The van der Waals surface area contributed by atoms with Crippen molar-refractivity contribution in [1.82, 2.24) is 20.0 Å². The molecule has 1 atom stereocenters. The molecule has 4 aromatic rings. The molecule has 0 aliphatic carbocycles. The van der Waals surface area contributed by atoms with Crippen LogP contribution >= 0.6 is 0 Å². The Balaban J connectivity index is 1.32. The number of carbonyl (C=O) groups is 2. The number of piperidine rings is 1. The van der Waals surface area contributed by atoms with Crippen molar-refractivity contribution in [3.05, 3.63) is 66.2 Å². The molecule has 1 aliphatic heterocycles. The molecule has 8 nitrogen and oxygen atoms in total. The van der Waals surface area contributed by atoms with Crippen molar-refractivity contribution in [2.24, 2.45) is 0 Å². The van der Waals surface area contributed by atoms with Crippen molar-refractivity contribution < 1.29 is 14.1 Å². The van der Waals surface area contributed by atoms with Crippen molar-refractivity contribution in [3.63, 3.8) is 0 Å². The summed E-state index contributed by atoms with van der Waals surface area (Å²) in [5.74, 6) is 0.938. The van der Waals surface area contributed by atoms with Crippen LogP contribution in [0.4, 0.5) is 5.69 Å². The molecule has 5 rings (SSSR count). The highest BCUT2D eigenvalue weighted by Crippen LogP contribution is 2.29. The van der Waals surface area contributed by atoms with Gasteiger partial charge in [0.15, 0.2) is 0 Å². The van der Waals surface area contributed by atoms with E-state index in [-0.39, 0.29) is 17.7 Å². The molecule has 0 bridgehead atoms. The number of fused-ring (bicyclic) bond motifs is 1. The number of nitrogens with zero attached hydrogens (tertiary/aromatic N) is 3. The van der Waals surface area contributed by atoms with Crippen molar-refractivity contribution in [3.8, 4) is 11.4 Å². The zero-order chi connectivity index (χ0) is 22.1. The predicted molar refractivity (Wildman–Crippen MR) is 120 cm³/mol. The summed E-state index contributed by atoms with van der Waals surface area (Å²) in [5.41, 5.74) is 3.17. The lowest BCUT2D eigenvalue weighted by atomic mass is 9.97. The van der Waals surface area contributed by atoms with Crippen LogP contribution in [-0.2, 0) is 4.79 Å². The number of nitrogens with one attached hydrogen (secondary N) is 2. The second kappa shape index (κ2) is 8.30. The van der Waals surface area contributed by atoms with E-state index >= 15 is 0 Å². The molecule has 1 fully saturated rings. The summed E-state index contributed by atoms with van der Waals surface area (Å²) in [6.07, 6.45) is 3.62.